The van der Waals surface area contributed by atoms with Crippen LogP contribution in [0.1, 0.15) is 31.4 Å². The van der Waals surface area contributed by atoms with Gasteiger partial charge in [-0.25, -0.2) is 0 Å². The first-order chi connectivity index (χ1) is 8.07. The number of benzene rings is 1. The van der Waals surface area contributed by atoms with E-state index in [0.717, 1.165) is 24.9 Å². The van der Waals surface area contributed by atoms with E-state index >= 15 is 0 Å². The molecule has 0 aliphatic rings. The first kappa shape index (κ1) is 14.7. The van der Waals surface area contributed by atoms with Gasteiger partial charge in [-0.2, -0.15) is 0 Å². The van der Waals surface area contributed by atoms with Crippen LogP contribution >= 0.6 is 34.8 Å². The first-order valence-corrected chi connectivity index (χ1v) is 6.51. The van der Waals surface area contributed by atoms with Crippen molar-refractivity contribution < 1.29 is 0 Å². The smallest absolute Gasteiger partial charge is 0.0781 e. The van der Waals surface area contributed by atoms with Crippen LogP contribution in [0.5, 0.6) is 0 Å². The Morgan fingerprint density at radius 3 is 2.65 bits per heavy atom. The monoisotopic (exact) mass is 289 g/mol. The molecule has 4 heteroatoms. The van der Waals surface area contributed by atoms with Gasteiger partial charge in [-0.05, 0) is 31.5 Å². The van der Waals surface area contributed by atoms with Crippen molar-refractivity contribution in [1.82, 2.24) is 5.32 Å². The molecule has 0 radical (unpaired) electrons. The molecule has 1 aromatic rings. The Balaban J connectivity index is 2.67. The largest absolute Gasteiger partial charge is 0.310 e. The predicted molar refractivity (Wildman–Crippen MR) is 76.0 cm³/mol. The van der Waals surface area contributed by atoms with E-state index in [0.29, 0.717) is 15.1 Å². The summed E-state index contributed by atoms with van der Waals surface area (Å²) in [7, 11) is 0. The maximum absolute atomic E-state index is 6.14. The van der Waals surface area contributed by atoms with Gasteiger partial charge in [-0.3, -0.25) is 0 Å². The van der Waals surface area contributed by atoms with Gasteiger partial charge in [0.15, 0.2) is 0 Å². The summed E-state index contributed by atoms with van der Waals surface area (Å²) >= 11 is 18.0. The Morgan fingerprint density at radius 2 is 2.00 bits per heavy atom. The highest BCUT2D eigenvalue weighted by atomic mass is 35.5. The highest BCUT2D eigenvalue weighted by molar-refractivity contribution is 6.48. The first-order valence-electron chi connectivity index (χ1n) is 5.38. The molecule has 0 aromatic heterocycles. The second kappa shape index (κ2) is 7.13. The lowest BCUT2D eigenvalue weighted by atomic mass is 10.1. The molecule has 1 aromatic carbocycles. The van der Waals surface area contributed by atoms with Crippen molar-refractivity contribution in [3.05, 3.63) is 32.8 Å². The van der Waals surface area contributed by atoms with Gasteiger partial charge in [0, 0.05) is 12.5 Å². The van der Waals surface area contributed by atoms with E-state index < -0.39 is 0 Å². The quantitative estimate of drug-likeness (QED) is 0.470. The van der Waals surface area contributed by atoms with Crippen molar-refractivity contribution in [3.63, 3.8) is 0 Å². The van der Waals surface area contributed by atoms with Gasteiger partial charge in [0.2, 0.25) is 0 Å². The van der Waals surface area contributed by atoms with Crippen LogP contribution in [0, 0.1) is 12.3 Å². The Hall–Kier alpha value is -0.390. The number of hydrogen-bond acceptors (Lipinski definition) is 1. The van der Waals surface area contributed by atoms with Gasteiger partial charge in [0.05, 0.1) is 15.1 Å². The van der Waals surface area contributed by atoms with Crippen molar-refractivity contribution in [1.29, 1.82) is 0 Å². The molecule has 17 heavy (non-hydrogen) atoms. The summed E-state index contributed by atoms with van der Waals surface area (Å²) in [6, 6.07) is 3.76. The normalized spacial score (nSPS) is 12.2. The number of terminal acetylenes is 1. The lowest BCUT2D eigenvalue weighted by Gasteiger charge is -2.16. The molecule has 0 bridgehead atoms. The standard InChI is InChI=1S/C13H14Cl3N/c1-3-4-5-8-17-9(2)10-6-7-11(14)13(16)12(10)15/h1,6-7,9,17H,4-5,8H2,2H3. The van der Waals surface area contributed by atoms with E-state index in [1.807, 2.05) is 13.0 Å². The lowest BCUT2D eigenvalue weighted by Crippen LogP contribution is -2.20. The van der Waals surface area contributed by atoms with E-state index in [2.05, 4.69) is 11.2 Å². The average Bonchev–Trinajstić information content (AvgIpc) is 2.31. The third-order valence-corrected chi connectivity index (χ3v) is 3.79. The number of hydrogen-bond donors (Lipinski definition) is 1. The van der Waals surface area contributed by atoms with Crippen LogP contribution < -0.4 is 5.32 Å². The van der Waals surface area contributed by atoms with Crippen LogP contribution in [0.25, 0.3) is 0 Å². The van der Waals surface area contributed by atoms with Crippen LogP contribution in [-0.2, 0) is 0 Å². The van der Waals surface area contributed by atoms with Crippen molar-refractivity contribution >= 4 is 34.8 Å². The number of unbranched alkanes of at least 4 members (excludes halogenated alkanes) is 1. The fourth-order valence-electron chi connectivity index (χ4n) is 1.49. The number of halogens is 3. The molecule has 0 fully saturated rings. The molecule has 1 nitrogen and oxygen atoms in total. The maximum atomic E-state index is 6.14. The highest BCUT2D eigenvalue weighted by Gasteiger charge is 2.13. The van der Waals surface area contributed by atoms with Crippen molar-refractivity contribution in [2.45, 2.75) is 25.8 Å². The molecule has 0 spiro atoms. The van der Waals surface area contributed by atoms with Crippen LogP contribution in [0.15, 0.2) is 12.1 Å². The molecule has 0 saturated carbocycles. The molecule has 1 unspecified atom stereocenters. The molecule has 1 rings (SSSR count). The summed E-state index contributed by atoms with van der Waals surface area (Å²) < 4.78 is 0. The van der Waals surface area contributed by atoms with E-state index in [4.69, 9.17) is 41.2 Å². The van der Waals surface area contributed by atoms with Crippen molar-refractivity contribution in [2.75, 3.05) is 6.54 Å². The van der Waals surface area contributed by atoms with E-state index in [-0.39, 0.29) is 6.04 Å². The molecule has 92 valence electrons. The second-order valence-corrected chi connectivity index (χ2v) is 4.91. The molecule has 0 saturated heterocycles. The molecule has 0 heterocycles. The minimum atomic E-state index is 0.120. The van der Waals surface area contributed by atoms with Crippen LogP contribution in [0.4, 0.5) is 0 Å². The average molecular weight is 291 g/mol. The Bertz CT molecular complexity index is 423. The summed E-state index contributed by atoms with van der Waals surface area (Å²) in [5.74, 6) is 2.60. The summed E-state index contributed by atoms with van der Waals surface area (Å²) in [6.45, 7) is 2.88. The summed E-state index contributed by atoms with van der Waals surface area (Å²) in [4.78, 5) is 0. The zero-order valence-corrected chi connectivity index (χ0v) is 11.8. The van der Waals surface area contributed by atoms with E-state index in [1.165, 1.54) is 0 Å². The fourth-order valence-corrected chi connectivity index (χ4v) is 2.20. The SMILES string of the molecule is C#CCCCNC(C)c1ccc(Cl)c(Cl)c1Cl. The third kappa shape index (κ3) is 4.08. The van der Waals surface area contributed by atoms with E-state index in [9.17, 15) is 0 Å². The zero-order valence-electron chi connectivity index (χ0n) is 9.56. The second-order valence-electron chi connectivity index (χ2n) is 3.75. The fraction of sp³-hybridized carbons (Fsp3) is 0.385. The minimum absolute atomic E-state index is 0.120. The van der Waals surface area contributed by atoms with E-state index in [1.54, 1.807) is 6.07 Å². The molecule has 0 amide bonds. The summed E-state index contributed by atoms with van der Waals surface area (Å²) in [6.07, 6.45) is 6.90. The third-order valence-electron chi connectivity index (χ3n) is 2.48. The zero-order chi connectivity index (χ0) is 12.8. The van der Waals surface area contributed by atoms with Crippen molar-refractivity contribution in [3.8, 4) is 12.3 Å². The minimum Gasteiger partial charge on any atom is -0.310 e. The highest BCUT2D eigenvalue weighted by Crippen LogP contribution is 2.35. The topological polar surface area (TPSA) is 12.0 Å². The Morgan fingerprint density at radius 1 is 1.29 bits per heavy atom. The predicted octanol–water partition coefficient (Wildman–Crippen LogP) is 4.71. The maximum Gasteiger partial charge on any atom is 0.0781 e. The molecule has 1 atom stereocenters. The molecule has 0 aliphatic carbocycles. The summed E-state index contributed by atoms with van der Waals surface area (Å²) in [5, 5.41) is 4.73. The van der Waals surface area contributed by atoms with Gasteiger partial charge >= 0.3 is 0 Å². The summed E-state index contributed by atoms with van der Waals surface area (Å²) in [5.41, 5.74) is 0.946. The van der Waals surface area contributed by atoms with Gasteiger partial charge in [0.1, 0.15) is 0 Å². The Labute approximate surface area is 117 Å². The van der Waals surface area contributed by atoms with Crippen LogP contribution in [0.2, 0.25) is 15.1 Å². The van der Waals surface area contributed by atoms with Crippen LogP contribution in [-0.4, -0.2) is 6.54 Å². The van der Waals surface area contributed by atoms with Gasteiger partial charge in [-0.1, -0.05) is 40.9 Å². The van der Waals surface area contributed by atoms with Crippen molar-refractivity contribution in [2.24, 2.45) is 0 Å². The van der Waals surface area contributed by atoms with Gasteiger partial charge < -0.3 is 5.32 Å². The Kier molecular flexibility index (Phi) is 6.16. The number of nitrogens with one attached hydrogen (secondary N) is 1. The molecule has 1 N–H and O–H groups in total. The molecular weight excluding hydrogens is 277 g/mol. The molecular formula is C13H14Cl3N. The van der Waals surface area contributed by atoms with Gasteiger partial charge in [0.25, 0.3) is 0 Å². The van der Waals surface area contributed by atoms with Gasteiger partial charge in [-0.15, -0.1) is 12.3 Å². The number of rotatable bonds is 5. The molecule has 0 aliphatic heterocycles. The lowest BCUT2D eigenvalue weighted by molar-refractivity contribution is 0.563. The van der Waals surface area contributed by atoms with Crippen LogP contribution in [0.3, 0.4) is 0 Å².